The number of hydrogen-bond acceptors (Lipinski definition) is 5. The lowest BCUT2D eigenvalue weighted by molar-refractivity contribution is -0.133. The van der Waals surface area contributed by atoms with E-state index in [0.717, 1.165) is 18.2 Å². The maximum absolute atomic E-state index is 12.1. The van der Waals surface area contributed by atoms with Crippen LogP contribution in [0.25, 0.3) is 11.2 Å². The number of aliphatic carboxylic acids is 1. The molecule has 0 spiro atoms. The molecule has 2 heterocycles. The summed E-state index contributed by atoms with van der Waals surface area (Å²) in [6, 6.07) is -0.0371. The van der Waals surface area contributed by atoms with Crippen molar-refractivity contribution < 1.29 is 9.90 Å². The van der Waals surface area contributed by atoms with Crippen LogP contribution in [-0.2, 0) is 11.8 Å². The Hall–Kier alpha value is -2.03. The summed E-state index contributed by atoms with van der Waals surface area (Å²) in [5, 5.41) is 9.23. The van der Waals surface area contributed by atoms with Crippen LogP contribution in [0.2, 0.25) is 0 Å². The number of aryl methyl sites for hydroxylation is 1. The van der Waals surface area contributed by atoms with Crippen LogP contribution >= 0.6 is 11.8 Å². The molecule has 1 unspecified atom stereocenters. The number of H-pyrrole nitrogens is 1. The molecule has 0 radical (unpaired) electrons. The fourth-order valence-corrected chi connectivity index (χ4v) is 2.82. The van der Waals surface area contributed by atoms with E-state index in [4.69, 9.17) is 5.11 Å². The molecule has 2 aromatic rings. The molecule has 2 N–H and O–H groups in total. The predicted octanol–water partition coefficient (Wildman–Crippen LogP) is 0.571. The summed E-state index contributed by atoms with van der Waals surface area (Å²) >= 11 is 1.03. The number of nitrogens with one attached hydrogen (secondary N) is 1. The van der Waals surface area contributed by atoms with Crippen molar-refractivity contribution in [1.29, 1.82) is 0 Å². The van der Waals surface area contributed by atoms with Gasteiger partial charge in [-0.2, -0.15) is 0 Å². The second-order valence-corrected chi connectivity index (χ2v) is 5.64. The van der Waals surface area contributed by atoms with Gasteiger partial charge in [0.05, 0.1) is 5.75 Å². The van der Waals surface area contributed by atoms with Gasteiger partial charge >= 0.3 is 11.7 Å². The van der Waals surface area contributed by atoms with Crippen LogP contribution in [0.3, 0.4) is 0 Å². The van der Waals surface area contributed by atoms with Crippen LogP contribution in [0.15, 0.2) is 14.7 Å². The molecule has 21 heavy (non-hydrogen) atoms. The fraction of sp³-hybridized carbons (Fsp3) is 0.500. The number of fused-ring (bicyclic) bond motifs is 1. The lowest BCUT2D eigenvalue weighted by atomic mass is 10.2. The van der Waals surface area contributed by atoms with Crippen LogP contribution in [0.4, 0.5) is 0 Å². The van der Waals surface area contributed by atoms with Crippen molar-refractivity contribution in [2.45, 2.75) is 31.5 Å². The van der Waals surface area contributed by atoms with E-state index in [-0.39, 0.29) is 17.4 Å². The summed E-state index contributed by atoms with van der Waals surface area (Å²) in [5.41, 5.74) is -0.504. The highest BCUT2D eigenvalue weighted by molar-refractivity contribution is 7.99. The number of hydrogen-bond donors (Lipinski definition) is 2. The summed E-state index contributed by atoms with van der Waals surface area (Å²) in [6.07, 6.45) is 0.744. The molecule has 0 amide bonds. The topological polar surface area (TPSA) is 110 Å². The monoisotopic (exact) mass is 312 g/mol. The van der Waals surface area contributed by atoms with Crippen LogP contribution in [0, 0.1) is 0 Å². The van der Waals surface area contributed by atoms with E-state index in [9.17, 15) is 14.4 Å². The SMILES string of the molecule is CCC(C)n1c(SCC(=O)O)nc2c1c(=O)[nH]c(=O)n2C. The Labute approximate surface area is 123 Å². The van der Waals surface area contributed by atoms with Gasteiger partial charge in [-0.05, 0) is 13.3 Å². The number of aromatic amines is 1. The van der Waals surface area contributed by atoms with Gasteiger partial charge in [0.15, 0.2) is 16.3 Å². The Morgan fingerprint density at radius 2 is 2.14 bits per heavy atom. The van der Waals surface area contributed by atoms with E-state index >= 15 is 0 Å². The Bertz CT molecular complexity index is 804. The zero-order valence-corrected chi connectivity index (χ0v) is 12.7. The fourth-order valence-electron chi connectivity index (χ4n) is 2.00. The van der Waals surface area contributed by atoms with Crippen LogP contribution in [0.5, 0.6) is 0 Å². The highest BCUT2D eigenvalue weighted by Gasteiger charge is 2.21. The van der Waals surface area contributed by atoms with Gasteiger partial charge in [0, 0.05) is 13.1 Å². The van der Waals surface area contributed by atoms with Crippen molar-refractivity contribution in [3.05, 3.63) is 20.8 Å². The standard InChI is InChI=1S/C12H16N4O4S/c1-4-6(2)16-8-9(13-12(16)21-5-7(17)18)15(3)11(20)14-10(8)19/h6H,4-5H2,1-3H3,(H,17,18)(H,14,19,20). The molecule has 0 bridgehead atoms. The van der Waals surface area contributed by atoms with Gasteiger partial charge < -0.3 is 9.67 Å². The number of thioether (sulfide) groups is 1. The van der Waals surface area contributed by atoms with Gasteiger partial charge in [0.25, 0.3) is 5.56 Å². The zero-order valence-electron chi connectivity index (χ0n) is 11.9. The summed E-state index contributed by atoms with van der Waals surface area (Å²) in [4.78, 5) is 41.0. The Morgan fingerprint density at radius 1 is 1.48 bits per heavy atom. The highest BCUT2D eigenvalue weighted by atomic mass is 32.2. The van der Waals surface area contributed by atoms with Gasteiger partial charge in [-0.1, -0.05) is 18.7 Å². The van der Waals surface area contributed by atoms with Crippen molar-refractivity contribution in [3.63, 3.8) is 0 Å². The Balaban J connectivity index is 2.76. The third-order valence-electron chi connectivity index (χ3n) is 3.27. The minimum Gasteiger partial charge on any atom is -0.481 e. The third-order valence-corrected chi connectivity index (χ3v) is 4.21. The Kier molecular flexibility index (Phi) is 4.21. The first-order chi connectivity index (χ1) is 9.86. The minimum absolute atomic E-state index is 0.0371. The van der Waals surface area contributed by atoms with Crippen LogP contribution < -0.4 is 11.2 Å². The molecule has 9 heteroatoms. The van der Waals surface area contributed by atoms with Gasteiger partial charge in [-0.15, -0.1) is 0 Å². The number of nitrogens with zero attached hydrogens (tertiary/aromatic N) is 3. The van der Waals surface area contributed by atoms with Gasteiger partial charge in [-0.3, -0.25) is 19.1 Å². The van der Waals surface area contributed by atoms with E-state index < -0.39 is 17.2 Å². The predicted molar refractivity (Wildman–Crippen MR) is 79.0 cm³/mol. The maximum Gasteiger partial charge on any atom is 0.329 e. The quantitative estimate of drug-likeness (QED) is 0.781. The zero-order chi connectivity index (χ0) is 15.7. The van der Waals surface area contributed by atoms with Crippen molar-refractivity contribution >= 4 is 28.9 Å². The van der Waals surface area contributed by atoms with E-state index in [2.05, 4.69) is 9.97 Å². The van der Waals surface area contributed by atoms with Crippen LogP contribution in [0.1, 0.15) is 26.3 Å². The molecule has 0 saturated heterocycles. The molecule has 0 aliphatic carbocycles. The molecule has 0 aliphatic rings. The minimum atomic E-state index is -0.967. The highest BCUT2D eigenvalue weighted by Crippen LogP contribution is 2.26. The molecule has 0 aliphatic heterocycles. The van der Waals surface area contributed by atoms with Crippen molar-refractivity contribution in [2.75, 3.05) is 5.75 Å². The second kappa shape index (κ2) is 5.76. The van der Waals surface area contributed by atoms with Gasteiger partial charge in [0.2, 0.25) is 0 Å². The van der Waals surface area contributed by atoms with E-state index in [0.29, 0.717) is 10.7 Å². The lowest BCUT2D eigenvalue weighted by Crippen LogP contribution is -2.29. The first kappa shape index (κ1) is 15.4. The Morgan fingerprint density at radius 3 is 2.71 bits per heavy atom. The lowest BCUT2D eigenvalue weighted by Gasteiger charge is -2.14. The number of carboxylic acid groups (broad SMARTS) is 1. The van der Waals surface area contributed by atoms with Crippen molar-refractivity contribution in [3.8, 4) is 0 Å². The van der Waals surface area contributed by atoms with E-state index in [1.54, 1.807) is 4.57 Å². The molecule has 2 aromatic heterocycles. The molecule has 0 fully saturated rings. The molecular formula is C12H16N4O4S. The summed E-state index contributed by atoms with van der Waals surface area (Å²) in [7, 11) is 1.51. The van der Waals surface area contributed by atoms with Crippen molar-refractivity contribution in [1.82, 2.24) is 19.1 Å². The van der Waals surface area contributed by atoms with Gasteiger partial charge in [0.1, 0.15) is 0 Å². The number of imidazole rings is 1. The van der Waals surface area contributed by atoms with Crippen LogP contribution in [-0.4, -0.2) is 35.9 Å². The molecule has 0 aromatic carbocycles. The smallest absolute Gasteiger partial charge is 0.329 e. The first-order valence-corrected chi connectivity index (χ1v) is 7.41. The number of rotatable bonds is 5. The molecule has 1 atom stereocenters. The molecular weight excluding hydrogens is 296 g/mol. The average Bonchev–Trinajstić information content (AvgIpc) is 2.82. The third kappa shape index (κ3) is 2.73. The first-order valence-electron chi connectivity index (χ1n) is 6.42. The normalized spacial score (nSPS) is 12.7. The average molecular weight is 312 g/mol. The second-order valence-electron chi connectivity index (χ2n) is 4.69. The maximum atomic E-state index is 12.1. The number of carbonyl (C=O) groups is 1. The van der Waals surface area contributed by atoms with E-state index in [1.807, 2.05) is 13.8 Å². The van der Waals surface area contributed by atoms with Gasteiger partial charge in [-0.25, -0.2) is 9.78 Å². The summed E-state index contributed by atoms with van der Waals surface area (Å²) < 4.78 is 2.95. The summed E-state index contributed by atoms with van der Waals surface area (Å²) in [6.45, 7) is 3.87. The number of aromatic nitrogens is 4. The molecule has 8 nitrogen and oxygen atoms in total. The molecule has 0 saturated carbocycles. The number of carboxylic acids is 1. The van der Waals surface area contributed by atoms with E-state index in [1.165, 1.54) is 11.6 Å². The summed E-state index contributed by atoms with van der Waals surface area (Å²) in [5.74, 6) is -1.13. The molecule has 114 valence electrons. The largest absolute Gasteiger partial charge is 0.481 e. The molecule has 2 rings (SSSR count). The van der Waals surface area contributed by atoms with Crippen molar-refractivity contribution in [2.24, 2.45) is 7.05 Å².